The molecule has 0 radical (unpaired) electrons. The van der Waals surface area contributed by atoms with Crippen LogP contribution in [0.15, 0.2) is 30.3 Å². The summed E-state index contributed by atoms with van der Waals surface area (Å²) in [6.45, 7) is 48.3. The maximum absolute atomic E-state index is 13.3. The number of Topliss-reactive ketones (excluding diaryl/α,β-unsaturated/α-hetero) is 6. The zero-order valence-electron chi connectivity index (χ0n) is 51.7. The molecule has 6 N–H and O–H groups in total. The van der Waals surface area contributed by atoms with Gasteiger partial charge in [0.25, 0.3) is 0 Å². The maximum atomic E-state index is 13.3. The second-order valence-electron chi connectivity index (χ2n) is 27.9. The van der Waals surface area contributed by atoms with Crippen molar-refractivity contribution in [1.82, 2.24) is 21.3 Å². The molecule has 0 fully saturated rings. The van der Waals surface area contributed by atoms with Gasteiger partial charge in [-0.2, -0.15) is 0 Å². The number of amides is 1. The van der Waals surface area contributed by atoms with E-state index in [9.17, 15) is 33.6 Å². The fraction of sp³-hybridized carbons (Fsp3) is 0.797. The Morgan fingerprint density at radius 2 is 0.855 bits per heavy atom. The van der Waals surface area contributed by atoms with Crippen LogP contribution in [0, 0.1) is 45.8 Å². The van der Waals surface area contributed by atoms with Gasteiger partial charge >= 0.3 is 0 Å². The average molecular weight is 1070 g/mol. The van der Waals surface area contributed by atoms with Crippen LogP contribution in [0.25, 0.3) is 0 Å². The number of rotatable bonds is 27. The number of carbonyl (C=O) groups excluding carboxylic acids is 7. The van der Waals surface area contributed by atoms with E-state index in [0.717, 1.165) is 24.8 Å². The standard InChI is InChI=1S/C24H40N2O2.C21H40N2O3.C17H33NO2.2CH4/c1-23(2,3)22(28)19(14-10-11-15-25)17-21(27)20(26-24(4,5)6)16-18-12-8-7-9-13-18;1-14(2)18(23-21(7,8)9)17(25)13-16(19(26)20(4,5)6)11-10-12-22-15(3)24;1-11(2)14(18-17(7,8)9)13(19)10-12(3)15(20)16(4,5)6;;/h7-9,12-13,19-20,26H,10-11,14-17,25H2,1-6H3;14,16,18,23H,10-13H2,1-9H3,(H,22,24);11-12,14,18H,10H2,1-9H3;2*1H4. The zero-order valence-corrected chi connectivity index (χ0v) is 51.7. The van der Waals surface area contributed by atoms with Crippen molar-refractivity contribution in [2.75, 3.05) is 13.1 Å². The van der Waals surface area contributed by atoms with Crippen LogP contribution in [0.3, 0.4) is 0 Å². The Labute approximate surface area is 467 Å². The van der Waals surface area contributed by atoms with Crippen LogP contribution in [0.1, 0.15) is 238 Å². The Morgan fingerprint density at radius 1 is 0.487 bits per heavy atom. The normalized spacial score (nSPS) is 14.7. The predicted molar refractivity (Wildman–Crippen MR) is 323 cm³/mol. The quantitative estimate of drug-likeness (QED) is 0.0526. The van der Waals surface area contributed by atoms with Gasteiger partial charge in [0.15, 0.2) is 17.3 Å². The van der Waals surface area contributed by atoms with E-state index in [2.05, 4.69) is 62.8 Å². The molecule has 0 bridgehead atoms. The second kappa shape index (κ2) is 35.2. The largest absolute Gasteiger partial charge is 0.356 e. The third-order valence-electron chi connectivity index (χ3n) is 12.4. The number of ketones is 6. The SMILES string of the molecule is C.C.CC(=O)NCCCC(CC(=O)C(NC(C)(C)C)C(C)C)C(=O)C(C)(C)C.CC(C)(C)NC(Cc1ccccc1)C(=O)CC(CCCCN)C(=O)C(C)(C)C.CC(CC(=O)C(NC(C)(C)C)C(C)C)C(=O)C(C)(C)C. The Hall–Kier alpha value is -3.45. The van der Waals surface area contributed by atoms with Crippen molar-refractivity contribution in [3.05, 3.63) is 35.9 Å². The molecule has 1 aromatic carbocycles. The fourth-order valence-electron chi connectivity index (χ4n) is 8.83. The summed E-state index contributed by atoms with van der Waals surface area (Å²) < 4.78 is 0. The number of nitrogens with two attached hydrogens (primary N) is 1. The highest BCUT2D eigenvalue weighted by Crippen LogP contribution is 2.29. The molecule has 0 saturated carbocycles. The zero-order chi connectivity index (χ0) is 58.4. The van der Waals surface area contributed by atoms with Crippen molar-refractivity contribution in [2.24, 2.45) is 51.6 Å². The van der Waals surface area contributed by atoms with Crippen molar-refractivity contribution in [2.45, 2.75) is 274 Å². The molecular weight excluding hydrogens is 951 g/mol. The van der Waals surface area contributed by atoms with Crippen molar-refractivity contribution < 1.29 is 33.6 Å². The molecule has 76 heavy (non-hydrogen) atoms. The minimum atomic E-state index is -0.482. The van der Waals surface area contributed by atoms with E-state index in [1.54, 1.807) is 0 Å². The topological polar surface area (TPSA) is 194 Å². The lowest BCUT2D eigenvalue weighted by atomic mass is 9.77. The molecular formula is C64H121N5O7. The van der Waals surface area contributed by atoms with Gasteiger partial charge in [-0.15, -0.1) is 0 Å². The molecule has 1 rings (SSSR count). The van der Waals surface area contributed by atoms with E-state index < -0.39 is 10.8 Å². The second-order valence-corrected chi connectivity index (χ2v) is 27.9. The summed E-state index contributed by atoms with van der Waals surface area (Å²) in [6, 6.07) is 9.30. The smallest absolute Gasteiger partial charge is 0.216 e. The first kappa shape index (κ1) is 79.0. The van der Waals surface area contributed by atoms with E-state index >= 15 is 0 Å². The number of hydrogen-bond donors (Lipinski definition) is 5. The van der Waals surface area contributed by atoms with E-state index in [-0.39, 0.29) is 132 Å². The number of unbranched alkanes of at least 4 members (excludes halogenated alkanes) is 1. The first-order valence-electron chi connectivity index (χ1n) is 27.9. The van der Waals surface area contributed by atoms with E-state index in [1.807, 2.05) is 148 Å². The van der Waals surface area contributed by atoms with Crippen molar-refractivity contribution in [1.29, 1.82) is 0 Å². The molecule has 0 heterocycles. The lowest BCUT2D eigenvalue weighted by Gasteiger charge is -2.32. The molecule has 0 aliphatic rings. The predicted octanol–water partition coefficient (Wildman–Crippen LogP) is 12.7. The third kappa shape index (κ3) is 35.9. The van der Waals surface area contributed by atoms with Gasteiger partial charge in [-0.05, 0) is 118 Å². The van der Waals surface area contributed by atoms with Gasteiger partial charge in [-0.1, -0.05) is 149 Å². The molecule has 12 heteroatoms. The van der Waals surface area contributed by atoms with Gasteiger partial charge in [0.1, 0.15) is 17.3 Å². The van der Waals surface area contributed by atoms with E-state index in [4.69, 9.17) is 5.73 Å². The van der Waals surface area contributed by atoms with Crippen LogP contribution in [0.2, 0.25) is 0 Å². The number of hydrogen-bond acceptors (Lipinski definition) is 11. The number of benzene rings is 1. The molecule has 444 valence electrons. The molecule has 0 spiro atoms. The van der Waals surface area contributed by atoms with Crippen LogP contribution in [-0.2, 0) is 40.0 Å². The molecule has 1 amide bonds. The summed E-state index contributed by atoms with van der Waals surface area (Å²) >= 11 is 0. The highest BCUT2D eigenvalue weighted by atomic mass is 16.2. The lowest BCUT2D eigenvalue weighted by molar-refractivity contribution is -0.134. The van der Waals surface area contributed by atoms with Crippen LogP contribution < -0.4 is 27.0 Å². The van der Waals surface area contributed by atoms with E-state index in [1.165, 1.54) is 6.92 Å². The van der Waals surface area contributed by atoms with Crippen LogP contribution >= 0.6 is 0 Å². The first-order valence-corrected chi connectivity index (χ1v) is 27.9. The summed E-state index contributed by atoms with van der Waals surface area (Å²) in [4.78, 5) is 87.7. The minimum absolute atomic E-state index is 0. The van der Waals surface area contributed by atoms with Crippen molar-refractivity contribution in [3.8, 4) is 0 Å². The Balaban J connectivity index is -0.000000512. The molecule has 6 unspecified atom stereocenters. The third-order valence-corrected chi connectivity index (χ3v) is 12.4. The van der Waals surface area contributed by atoms with Gasteiger partial charge in [-0.25, -0.2) is 0 Å². The van der Waals surface area contributed by atoms with Crippen molar-refractivity contribution >= 4 is 40.6 Å². The number of nitrogens with one attached hydrogen (secondary N) is 4. The maximum Gasteiger partial charge on any atom is 0.216 e. The Kier molecular flexibility index (Phi) is 36.6. The highest BCUT2D eigenvalue weighted by molar-refractivity contribution is 5.94. The average Bonchev–Trinajstić information content (AvgIpc) is 3.22. The van der Waals surface area contributed by atoms with Crippen LogP contribution in [-0.4, -0.2) is 88.4 Å². The Bertz CT molecular complexity index is 1870. The van der Waals surface area contributed by atoms with Gasteiger partial charge < -0.3 is 27.0 Å². The van der Waals surface area contributed by atoms with Gasteiger partial charge in [0, 0.05) is 83.3 Å². The Morgan fingerprint density at radius 3 is 1.20 bits per heavy atom. The first-order chi connectivity index (χ1) is 33.3. The van der Waals surface area contributed by atoms with Crippen LogP contribution in [0.5, 0.6) is 0 Å². The summed E-state index contributed by atoms with van der Waals surface area (Å²) in [5.41, 5.74) is 4.97. The molecule has 6 atom stereocenters. The van der Waals surface area contributed by atoms with Crippen LogP contribution in [0.4, 0.5) is 0 Å². The van der Waals surface area contributed by atoms with Gasteiger partial charge in [0.2, 0.25) is 5.91 Å². The van der Waals surface area contributed by atoms with Gasteiger partial charge in [-0.3, -0.25) is 33.6 Å². The summed E-state index contributed by atoms with van der Waals surface area (Å²) in [6.07, 6.45) is 5.30. The fourth-order valence-corrected chi connectivity index (χ4v) is 8.83. The molecule has 0 aromatic heterocycles. The molecule has 0 aliphatic heterocycles. The molecule has 12 nitrogen and oxygen atoms in total. The highest BCUT2D eigenvalue weighted by Gasteiger charge is 2.36. The monoisotopic (exact) mass is 1070 g/mol. The van der Waals surface area contributed by atoms with Crippen molar-refractivity contribution in [3.63, 3.8) is 0 Å². The van der Waals surface area contributed by atoms with Gasteiger partial charge in [0.05, 0.1) is 18.1 Å². The summed E-state index contributed by atoms with van der Waals surface area (Å²) in [5.74, 6) is 0.345. The molecule has 1 aromatic rings. The lowest BCUT2D eigenvalue weighted by Crippen LogP contribution is -2.51. The summed E-state index contributed by atoms with van der Waals surface area (Å²) in [5, 5.41) is 13.0. The summed E-state index contributed by atoms with van der Waals surface area (Å²) in [7, 11) is 0. The molecule has 0 saturated heterocycles. The van der Waals surface area contributed by atoms with E-state index in [0.29, 0.717) is 45.2 Å². The number of carbonyl (C=O) groups is 7. The minimum Gasteiger partial charge on any atom is -0.356 e. The molecule has 0 aliphatic carbocycles.